The molecule has 4 rings (SSSR count). The number of rotatable bonds is 2. The van der Waals surface area contributed by atoms with Crippen LogP contribution in [0.5, 0.6) is 0 Å². The van der Waals surface area contributed by atoms with Gasteiger partial charge >= 0.3 is 0 Å². The van der Waals surface area contributed by atoms with Crippen molar-refractivity contribution in [3.63, 3.8) is 0 Å². The standard InChI is InChI=1S/C16H17N3O.C7H14.C2H6/c1-10-7-14(20)11(2)15-16(10)19(12(3)18-15)9-13-5-4-6-17-8-13;1-7-5-3-2-4-6-7;1-2/h4-6,8,11H,1,7,9H2,2-3H3;7H,2-6H2,1H3;1-2H3. The van der Waals surface area contributed by atoms with Crippen LogP contribution in [0.3, 0.4) is 0 Å². The zero-order valence-electron chi connectivity index (χ0n) is 18.9. The van der Waals surface area contributed by atoms with Crippen molar-refractivity contribution in [2.24, 2.45) is 5.92 Å². The van der Waals surface area contributed by atoms with Crippen LogP contribution in [-0.2, 0) is 11.3 Å². The summed E-state index contributed by atoms with van der Waals surface area (Å²) in [6, 6.07) is 3.97. The molecule has 2 aromatic rings. The van der Waals surface area contributed by atoms with Crippen molar-refractivity contribution in [3.8, 4) is 0 Å². The molecular formula is C25H37N3O. The highest BCUT2D eigenvalue weighted by molar-refractivity contribution is 5.97. The highest BCUT2D eigenvalue weighted by Gasteiger charge is 2.31. The van der Waals surface area contributed by atoms with Crippen LogP contribution in [0, 0.1) is 12.8 Å². The monoisotopic (exact) mass is 395 g/mol. The second-order valence-corrected chi connectivity index (χ2v) is 8.05. The number of imidazole rings is 1. The van der Waals surface area contributed by atoms with Crippen LogP contribution in [-0.4, -0.2) is 20.3 Å². The van der Waals surface area contributed by atoms with E-state index in [1.807, 2.05) is 46.0 Å². The van der Waals surface area contributed by atoms with Gasteiger partial charge < -0.3 is 4.57 Å². The van der Waals surface area contributed by atoms with Gasteiger partial charge in [0, 0.05) is 18.8 Å². The molecule has 1 atom stereocenters. The number of aryl methyl sites for hydroxylation is 1. The quantitative estimate of drug-likeness (QED) is 0.596. The van der Waals surface area contributed by atoms with Crippen molar-refractivity contribution in [1.82, 2.24) is 14.5 Å². The largest absolute Gasteiger partial charge is 0.324 e. The number of carbonyl (C=O) groups is 1. The van der Waals surface area contributed by atoms with E-state index >= 15 is 0 Å². The highest BCUT2D eigenvalue weighted by atomic mass is 16.1. The third-order valence-corrected chi connectivity index (χ3v) is 5.76. The summed E-state index contributed by atoms with van der Waals surface area (Å²) in [5, 5.41) is 0. The maximum Gasteiger partial charge on any atom is 0.146 e. The van der Waals surface area contributed by atoms with Gasteiger partial charge in [-0.3, -0.25) is 9.78 Å². The first-order valence-corrected chi connectivity index (χ1v) is 11.1. The molecule has 0 saturated heterocycles. The fourth-order valence-corrected chi connectivity index (χ4v) is 4.04. The number of fused-ring (bicyclic) bond motifs is 1. The molecule has 0 N–H and O–H groups in total. The van der Waals surface area contributed by atoms with E-state index < -0.39 is 0 Å². The van der Waals surface area contributed by atoms with Gasteiger partial charge in [-0.2, -0.15) is 0 Å². The van der Waals surface area contributed by atoms with E-state index in [9.17, 15) is 4.79 Å². The normalized spacial score (nSPS) is 18.9. The molecule has 1 fully saturated rings. The van der Waals surface area contributed by atoms with Gasteiger partial charge in [0.1, 0.15) is 11.6 Å². The maximum atomic E-state index is 11.9. The molecular weight excluding hydrogens is 358 g/mol. The maximum absolute atomic E-state index is 11.9. The molecule has 158 valence electrons. The smallest absolute Gasteiger partial charge is 0.146 e. The summed E-state index contributed by atoms with van der Waals surface area (Å²) in [5.41, 5.74) is 3.88. The van der Waals surface area contributed by atoms with Crippen LogP contribution < -0.4 is 0 Å². The molecule has 0 aromatic carbocycles. The number of allylic oxidation sites excluding steroid dienone is 1. The minimum Gasteiger partial charge on any atom is -0.324 e. The number of aromatic nitrogens is 3. The topological polar surface area (TPSA) is 47.8 Å². The number of carbonyl (C=O) groups excluding carboxylic acids is 1. The Balaban J connectivity index is 0.000000280. The lowest BCUT2D eigenvalue weighted by Crippen LogP contribution is -2.19. The molecule has 0 aliphatic heterocycles. The van der Waals surface area contributed by atoms with Crippen molar-refractivity contribution in [1.29, 1.82) is 0 Å². The predicted octanol–water partition coefficient (Wildman–Crippen LogP) is 6.34. The Labute approximate surface area is 176 Å². The second-order valence-electron chi connectivity index (χ2n) is 8.05. The predicted molar refractivity (Wildman–Crippen MR) is 121 cm³/mol. The molecule has 2 heterocycles. The molecule has 1 unspecified atom stereocenters. The molecule has 0 bridgehead atoms. The van der Waals surface area contributed by atoms with Gasteiger partial charge in [-0.15, -0.1) is 0 Å². The van der Waals surface area contributed by atoms with Gasteiger partial charge in [0.25, 0.3) is 0 Å². The lowest BCUT2D eigenvalue weighted by atomic mass is 9.87. The Bertz CT molecular complexity index is 801. The third kappa shape index (κ3) is 5.88. The van der Waals surface area contributed by atoms with Crippen molar-refractivity contribution in [2.45, 2.75) is 85.6 Å². The van der Waals surface area contributed by atoms with Gasteiger partial charge in [0.15, 0.2) is 0 Å². The van der Waals surface area contributed by atoms with Gasteiger partial charge in [0.2, 0.25) is 0 Å². The lowest BCUT2D eigenvalue weighted by Gasteiger charge is -2.20. The van der Waals surface area contributed by atoms with Crippen molar-refractivity contribution in [3.05, 3.63) is 53.9 Å². The molecule has 0 radical (unpaired) electrons. The second kappa shape index (κ2) is 11.1. The van der Waals surface area contributed by atoms with E-state index in [1.54, 1.807) is 6.20 Å². The number of hydrogen-bond acceptors (Lipinski definition) is 3. The van der Waals surface area contributed by atoms with E-state index in [1.165, 1.54) is 32.1 Å². The number of ketones is 1. The highest BCUT2D eigenvalue weighted by Crippen LogP contribution is 2.35. The molecule has 4 nitrogen and oxygen atoms in total. The van der Waals surface area contributed by atoms with Gasteiger partial charge in [0.05, 0.1) is 23.9 Å². The van der Waals surface area contributed by atoms with E-state index in [0.29, 0.717) is 13.0 Å². The van der Waals surface area contributed by atoms with Crippen LogP contribution in [0.25, 0.3) is 5.57 Å². The van der Waals surface area contributed by atoms with Gasteiger partial charge in [-0.05, 0) is 37.0 Å². The van der Waals surface area contributed by atoms with Crippen molar-refractivity contribution >= 4 is 11.4 Å². The first kappa shape index (κ1) is 23.1. The Morgan fingerprint density at radius 1 is 1.17 bits per heavy atom. The van der Waals surface area contributed by atoms with Crippen LogP contribution in [0.2, 0.25) is 0 Å². The lowest BCUT2D eigenvalue weighted by molar-refractivity contribution is -0.119. The van der Waals surface area contributed by atoms with Crippen molar-refractivity contribution < 1.29 is 4.79 Å². The first-order valence-electron chi connectivity index (χ1n) is 11.1. The molecule has 4 heteroatoms. The summed E-state index contributed by atoms with van der Waals surface area (Å²) in [6.45, 7) is 15.0. The van der Waals surface area contributed by atoms with Crippen LogP contribution in [0.15, 0.2) is 31.1 Å². The summed E-state index contributed by atoms with van der Waals surface area (Å²) in [7, 11) is 0. The zero-order valence-corrected chi connectivity index (χ0v) is 18.9. The van der Waals surface area contributed by atoms with Crippen LogP contribution in [0.4, 0.5) is 0 Å². The van der Waals surface area contributed by atoms with Crippen LogP contribution >= 0.6 is 0 Å². The Morgan fingerprint density at radius 2 is 1.86 bits per heavy atom. The van der Waals surface area contributed by atoms with Crippen LogP contribution in [0.1, 0.15) is 94.9 Å². The Hall–Kier alpha value is -2.23. The number of hydrogen-bond donors (Lipinski definition) is 0. The van der Waals surface area contributed by atoms with Gasteiger partial charge in [-0.25, -0.2) is 4.98 Å². The van der Waals surface area contributed by atoms with E-state index in [4.69, 9.17) is 0 Å². The SMILES string of the molecule is C=C1CC(=O)C(C)c2nc(C)n(Cc3cccnc3)c21.CC.CC1CCCCC1. The molecule has 0 spiro atoms. The first-order chi connectivity index (χ1) is 14.0. The summed E-state index contributed by atoms with van der Waals surface area (Å²) in [4.78, 5) is 20.7. The average Bonchev–Trinajstić information content (AvgIpc) is 3.06. The molecule has 1 saturated carbocycles. The molecule has 2 aromatic heterocycles. The average molecular weight is 396 g/mol. The number of nitrogens with zero attached hydrogens (tertiary/aromatic N) is 3. The summed E-state index contributed by atoms with van der Waals surface area (Å²) < 4.78 is 2.14. The fraction of sp³-hybridized carbons (Fsp3) is 0.560. The summed E-state index contributed by atoms with van der Waals surface area (Å²) >= 11 is 0. The molecule has 2 aliphatic carbocycles. The summed E-state index contributed by atoms with van der Waals surface area (Å²) in [6.07, 6.45) is 11.5. The molecule has 2 aliphatic rings. The third-order valence-electron chi connectivity index (χ3n) is 5.76. The summed E-state index contributed by atoms with van der Waals surface area (Å²) in [5.74, 6) is 2.02. The molecule has 0 amide bonds. The van der Waals surface area contributed by atoms with E-state index in [0.717, 1.165) is 34.3 Å². The van der Waals surface area contributed by atoms with E-state index in [2.05, 4.69) is 28.0 Å². The fourth-order valence-electron chi connectivity index (χ4n) is 4.04. The Morgan fingerprint density at radius 3 is 2.41 bits per heavy atom. The van der Waals surface area contributed by atoms with Gasteiger partial charge in [-0.1, -0.05) is 65.5 Å². The number of Topliss-reactive ketones (excluding diaryl/α,β-unsaturated/α-hetero) is 1. The zero-order chi connectivity index (χ0) is 21.4. The Kier molecular flexibility index (Phi) is 8.81. The molecule has 29 heavy (non-hydrogen) atoms. The minimum absolute atomic E-state index is 0.135. The van der Waals surface area contributed by atoms with E-state index in [-0.39, 0.29) is 11.7 Å². The number of pyridine rings is 1. The minimum atomic E-state index is -0.135. The van der Waals surface area contributed by atoms with Crippen molar-refractivity contribution in [2.75, 3.05) is 0 Å².